The van der Waals surface area contributed by atoms with Gasteiger partial charge in [-0.2, -0.15) is 0 Å². The molecule has 2 nitrogen and oxygen atoms in total. The number of quaternary nitrogens is 1. The molecule has 2 heteroatoms. The van der Waals surface area contributed by atoms with Crippen LogP contribution in [0.1, 0.15) is 32.6 Å². The van der Waals surface area contributed by atoms with Crippen molar-refractivity contribution in [1.29, 1.82) is 0 Å². The SMILES string of the molecule is CC1CCC[N+]2(CCC(=O)CC2)C1. The van der Waals surface area contributed by atoms with E-state index in [4.69, 9.17) is 0 Å². The lowest BCUT2D eigenvalue weighted by Crippen LogP contribution is -2.57. The second kappa shape index (κ2) is 3.41. The Labute approximate surface area is 80.5 Å². The molecule has 0 N–H and O–H groups in total. The van der Waals surface area contributed by atoms with Crippen molar-refractivity contribution in [1.82, 2.24) is 0 Å². The van der Waals surface area contributed by atoms with Crippen LogP contribution in [0.2, 0.25) is 0 Å². The monoisotopic (exact) mass is 182 g/mol. The summed E-state index contributed by atoms with van der Waals surface area (Å²) < 4.78 is 1.26. The highest BCUT2D eigenvalue weighted by molar-refractivity contribution is 5.78. The first kappa shape index (κ1) is 9.20. The first-order valence-corrected chi connectivity index (χ1v) is 5.57. The van der Waals surface area contributed by atoms with Gasteiger partial charge in [-0.3, -0.25) is 4.79 Å². The molecule has 0 saturated carbocycles. The van der Waals surface area contributed by atoms with Crippen molar-refractivity contribution in [3.8, 4) is 0 Å². The minimum Gasteiger partial charge on any atom is -0.323 e. The lowest BCUT2D eigenvalue weighted by atomic mass is 9.94. The summed E-state index contributed by atoms with van der Waals surface area (Å²) in [4.78, 5) is 11.2. The second-order valence-electron chi connectivity index (χ2n) is 4.98. The molecular formula is C11H20NO+. The molecule has 0 aromatic rings. The molecule has 2 rings (SSSR count). The summed E-state index contributed by atoms with van der Waals surface area (Å²) in [5.41, 5.74) is 0. The Bertz CT molecular complexity index is 202. The van der Waals surface area contributed by atoms with Crippen molar-refractivity contribution in [2.75, 3.05) is 26.2 Å². The van der Waals surface area contributed by atoms with E-state index in [2.05, 4.69) is 6.92 Å². The highest BCUT2D eigenvalue weighted by Crippen LogP contribution is 2.26. The summed E-state index contributed by atoms with van der Waals surface area (Å²) in [6.07, 6.45) is 4.45. The Morgan fingerprint density at radius 3 is 2.54 bits per heavy atom. The van der Waals surface area contributed by atoms with Gasteiger partial charge in [0.25, 0.3) is 0 Å². The van der Waals surface area contributed by atoms with Crippen LogP contribution in [0.5, 0.6) is 0 Å². The predicted molar refractivity (Wildman–Crippen MR) is 52.4 cm³/mol. The largest absolute Gasteiger partial charge is 0.323 e. The summed E-state index contributed by atoms with van der Waals surface area (Å²) in [5.74, 6) is 1.36. The van der Waals surface area contributed by atoms with Crippen molar-refractivity contribution in [2.45, 2.75) is 32.6 Å². The summed E-state index contributed by atoms with van der Waals surface area (Å²) in [7, 11) is 0. The molecule has 0 aliphatic carbocycles. The average molecular weight is 182 g/mol. The number of hydrogen-bond donors (Lipinski definition) is 0. The number of nitrogens with zero attached hydrogens (tertiary/aromatic N) is 1. The molecule has 1 spiro atoms. The van der Waals surface area contributed by atoms with E-state index in [1.165, 1.54) is 30.4 Å². The van der Waals surface area contributed by atoms with Crippen molar-refractivity contribution < 1.29 is 9.28 Å². The minimum absolute atomic E-state index is 0.488. The molecule has 13 heavy (non-hydrogen) atoms. The van der Waals surface area contributed by atoms with Crippen LogP contribution in [0.3, 0.4) is 0 Å². The highest BCUT2D eigenvalue weighted by Gasteiger charge is 2.36. The molecule has 2 aliphatic heterocycles. The van der Waals surface area contributed by atoms with Gasteiger partial charge in [-0.05, 0) is 12.8 Å². The Balaban J connectivity index is 1.99. The number of carbonyl (C=O) groups excluding carboxylic acids is 1. The number of piperidine rings is 2. The van der Waals surface area contributed by atoms with E-state index in [1.54, 1.807) is 0 Å². The van der Waals surface area contributed by atoms with Gasteiger partial charge in [0.2, 0.25) is 0 Å². The van der Waals surface area contributed by atoms with Crippen LogP contribution in [0.25, 0.3) is 0 Å². The van der Waals surface area contributed by atoms with E-state index in [-0.39, 0.29) is 0 Å². The molecule has 0 aromatic carbocycles. The van der Waals surface area contributed by atoms with Crippen molar-refractivity contribution >= 4 is 5.78 Å². The van der Waals surface area contributed by atoms with Crippen molar-refractivity contribution in [3.63, 3.8) is 0 Å². The van der Waals surface area contributed by atoms with Gasteiger partial charge in [-0.15, -0.1) is 0 Å². The third kappa shape index (κ3) is 1.93. The Hall–Kier alpha value is -0.370. The number of ketones is 1. The Morgan fingerprint density at radius 2 is 1.92 bits per heavy atom. The van der Waals surface area contributed by atoms with E-state index in [1.807, 2.05) is 0 Å². The first-order chi connectivity index (χ1) is 6.20. The van der Waals surface area contributed by atoms with Gasteiger partial charge in [-0.1, -0.05) is 6.92 Å². The number of Topliss-reactive ketones (excluding diaryl/α,β-unsaturated/α-hetero) is 1. The summed E-state index contributed by atoms with van der Waals surface area (Å²) in [6, 6.07) is 0. The van der Waals surface area contributed by atoms with E-state index in [0.29, 0.717) is 5.78 Å². The molecule has 74 valence electrons. The fourth-order valence-electron chi connectivity index (χ4n) is 2.99. The van der Waals surface area contributed by atoms with Crippen LogP contribution in [-0.4, -0.2) is 36.4 Å². The molecule has 0 radical (unpaired) electrons. The highest BCUT2D eigenvalue weighted by atomic mass is 16.1. The molecule has 2 aliphatic rings. The van der Waals surface area contributed by atoms with Gasteiger partial charge in [0.05, 0.1) is 39.0 Å². The maximum atomic E-state index is 11.2. The van der Waals surface area contributed by atoms with Gasteiger partial charge in [0.1, 0.15) is 5.78 Å². The summed E-state index contributed by atoms with van der Waals surface area (Å²) in [6.45, 7) is 7.27. The average Bonchev–Trinajstić information content (AvgIpc) is 2.11. The molecule has 0 bridgehead atoms. The lowest BCUT2D eigenvalue weighted by Gasteiger charge is -2.45. The van der Waals surface area contributed by atoms with Crippen LogP contribution in [0.15, 0.2) is 0 Å². The molecule has 2 saturated heterocycles. The Kier molecular flexibility index (Phi) is 2.41. The van der Waals surface area contributed by atoms with Crippen LogP contribution in [-0.2, 0) is 4.79 Å². The van der Waals surface area contributed by atoms with E-state index < -0.39 is 0 Å². The van der Waals surface area contributed by atoms with Gasteiger partial charge >= 0.3 is 0 Å². The normalized spacial score (nSPS) is 33.6. The third-order valence-corrected chi connectivity index (χ3v) is 3.76. The topological polar surface area (TPSA) is 17.1 Å². The smallest absolute Gasteiger partial charge is 0.144 e. The van der Waals surface area contributed by atoms with E-state index >= 15 is 0 Å². The van der Waals surface area contributed by atoms with E-state index in [0.717, 1.165) is 31.8 Å². The zero-order valence-electron chi connectivity index (χ0n) is 8.59. The predicted octanol–water partition coefficient (Wildman–Crippen LogP) is 1.60. The summed E-state index contributed by atoms with van der Waals surface area (Å²) >= 11 is 0. The van der Waals surface area contributed by atoms with Gasteiger partial charge in [0, 0.05) is 5.92 Å². The van der Waals surface area contributed by atoms with Crippen LogP contribution in [0, 0.1) is 5.92 Å². The van der Waals surface area contributed by atoms with E-state index in [9.17, 15) is 4.79 Å². The van der Waals surface area contributed by atoms with Crippen molar-refractivity contribution in [2.24, 2.45) is 5.92 Å². The summed E-state index contributed by atoms with van der Waals surface area (Å²) in [5, 5.41) is 0. The zero-order chi connectivity index (χ0) is 9.31. The van der Waals surface area contributed by atoms with Gasteiger partial charge in [0.15, 0.2) is 0 Å². The fourth-order valence-corrected chi connectivity index (χ4v) is 2.99. The minimum atomic E-state index is 0.488. The fraction of sp³-hybridized carbons (Fsp3) is 0.909. The third-order valence-electron chi connectivity index (χ3n) is 3.76. The van der Waals surface area contributed by atoms with Crippen molar-refractivity contribution in [3.05, 3.63) is 0 Å². The zero-order valence-corrected chi connectivity index (χ0v) is 8.59. The molecule has 1 atom stereocenters. The Morgan fingerprint density at radius 1 is 1.23 bits per heavy atom. The maximum Gasteiger partial charge on any atom is 0.144 e. The molecule has 2 heterocycles. The number of rotatable bonds is 0. The standard InChI is InChI=1S/C11H20NO/c1-10-3-2-6-12(9-10)7-4-11(13)5-8-12/h10H,2-9H2,1H3/q+1. The van der Waals surface area contributed by atoms with Crippen LogP contribution in [0.4, 0.5) is 0 Å². The number of carbonyl (C=O) groups is 1. The number of hydrogen-bond acceptors (Lipinski definition) is 1. The van der Waals surface area contributed by atoms with Gasteiger partial charge < -0.3 is 4.48 Å². The first-order valence-electron chi connectivity index (χ1n) is 5.57. The molecule has 0 amide bonds. The molecule has 0 aromatic heterocycles. The molecular weight excluding hydrogens is 162 g/mol. The second-order valence-corrected chi connectivity index (χ2v) is 4.98. The van der Waals surface area contributed by atoms with Gasteiger partial charge in [-0.25, -0.2) is 0 Å². The molecule has 1 unspecified atom stereocenters. The van der Waals surface area contributed by atoms with Crippen LogP contribution < -0.4 is 0 Å². The lowest BCUT2D eigenvalue weighted by molar-refractivity contribution is -0.936. The maximum absolute atomic E-state index is 11.2. The van der Waals surface area contributed by atoms with Crippen LogP contribution >= 0.6 is 0 Å². The quantitative estimate of drug-likeness (QED) is 0.520. The molecule has 2 fully saturated rings.